The van der Waals surface area contributed by atoms with E-state index < -0.39 is 11.7 Å². The van der Waals surface area contributed by atoms with Gasteiger partial charge in [-0.15, -0.1) is 0 Å². The Bertz CT molecular complexity index is 1210. The molecule has 0 aliphatic heterocycles. The lowest BCUT2D eigenvalue weighted by atomic mass is 10.0. The molecule has 0 radical (unpaired) electrons. The van der Waals surface area contributed by atoms with Crippen molar-refractivity contribution in [2.75, 3.05) is 0 Å². The third kappa shape index (κ3) is 7.60. The molecule has 6 heteroatoms. The average molecular weight is 482 g/mol. The maximum atomic E-state index is 12.8. The maximum Gasteiger partial charge on any atom is 0.416 e. The fraction of sp³-hybridized carbons (Fsp3) is 0.207. The molecule has 0 fully saturated rings. The highest BCUT2D eigenvalue weighted by Crippen LogP contribution is 2.33. The molecule has 0 heterocycles. The van der Waals surface area contributed by atoms with Crippen molar-refractivity contribution < 1.29 is 22.7 Å². The molecule has 3 nitrogen and oxygen atoms in total. The van der Waals surface area contributed by atoms with Crippen molar-refractivity contribution in [2.45, 2.75) is 39.9 Å². The lowest BCUT2D eigenvalue weighted by molar-refractivity contribution is -0.137. The molecule has 3 aromatic carbocycles. The first-order valence-corrected chi connectivity index (χ1v) is 11.4. The first-order valence-electron chi connectivity index (χ1n) is 11.4. The quantitative estimate of drug-likeness (QED) is 0.344. The Hall–Kier alpha value is -3.80. The van der Waals surface area contributed by atoms with Crippen LogP contribution in [-0.2, 0) is 6.18 Å². The minimum Gasteiger partial charge on any atom is -0.457 e. The summed E-state index contributed by atoms with van der Waals surface area (Å²) in [5.74, 6) is 0.532. The molecule has 0 aliphatic carbocycles. The first-order chi connectivity index (χ1) is 16.7. The fourth-order valence-electron chi connectivity index (χ4n) is 3.13. The van der Waals surface area contributed by atoms with Crippen LogP contribution in [0.15, 0.2) is 97.1 Å². The molecule has 184 valence electrons. The molecule has 35 heavy (non-hydrogen) atoms. The van der Waals surface area contributed by atoms with Crippen LogP contribution in [0.4, 0.5) is 13.2 Å². The number of halogens is 3. The zero-order chi connectivity index (χ0) is 26.0. The molecule has 0 saturated carbocycles. The zero-order valence-electron chi connectivity index (χ0n) is 20.3. The maximum absolute atomic E-state index is 12.8. The Balaban J connectivity index is 0.00000210. The van der Waals surface area contributed by atoms with E-state index in [9.17, 15) is 18.0 Å². The van der Waals surface area contributed by atoms with Gasteiger partial charge in [-0.05, 0) is 73.3 Å². The number of allylic oxidation sites excluding steroid dienone is 3. The van der Waals surface area contributed by atoms with Gasteiger partial charge in [0.15, 0.2) is 0 Å². The van der Waals surface area contributed by atoms with E-state index in [1.165, 1.54) is 12.1 Å². The second kappa shape index (κ2) is 12.6. The molecule has 3 rings (SSSR count). The summed E-state index contributed by atoms with van der Waals surface area (Å²) < 4.78 is 44.1. The van der Waals surface area contributed by atoms with E-state index in [-0.39, 0.29) is 17.7 Å². The van der Waals surface area contributed by atoms with Crippen molar-refractivity contribution in [3.05, 3.63) is 108 Å². The minimum absolute atomic E-state index is 0.237. The van der Waals surface area contributed by atoms with Gasteiger partial charge in [0.05, 0.1) is 11.6 Å². The van der Waals surface area contributed by atoms with Gasteiger partial charge in [0, 0.05) is 10.9 Å². The Labute approximate surface area is 204 Å². The van der Waals surface area contributed by atoms with Gasteiger partial charge in [0.25, 0.3) is 5.91 Å². The summed E-state index contributed by atoms with van der Waals surface area (Å²) in [7, 11) is 0. The molecule has 0 spiro atoms. The van der Waals surface area contributed by atoms with E-state index in [0.29, 0.717) is 11.3 Å². The van der Waals surface area contributed by atoms with E-state index in [1.807, 2.05) is 58.1 Å². The molecule has 0 saturated heterocycles. The summed E-state index contributed by atoms with van der Waals surface area (Å²) in [6.07, 6.45) is 3.09. The topological polar surface area (TPSA) is 38.3 Å². The van der Waals surface area contributed by atoms with E-state index >= 15 is 0 Å². The zero-order valence-corrected chi connectivity index (χ0v) is 20.3. The predicted octanol–water partition coefficient (Wildman–Crippen LogP) is 8.48. The third-order valence-corrected chi connectivity index (χ3v) is 5.03. The number of alkyl halides is 3. The molecular formula is C29H30F3NO2. The SMILES string of the molecule is C=C(/C=C\C=C/C)C(C)NC(=O)c1ccc2c(Oc3ccc(C(F)(F)F)cc3)cccc2c1.CC. The number of carbonyl (C=O) groups excluding carboxylic acids is 1. The van der Waals surface area contributed by atoms with Gasteiger partial charge in [0.2, 0.25) is 0 Å². The number of ether oxygens (including phenoxy) is 1. The molecule has 3 aromatic rings. The molecule has 0 aromatic heterocycles. The number of nitrogens with one attached hydrogen (secondary N) is 1. The molecule has 0 bridgehead atoms. The summed E-state index contributed by atoms with van der Waals surface area (Å²) in [5, 5.41) is 4.43. The highest BCUT2D eigenvalue weighted by molar-refractivity contribution is 6.00. The summed E-state index contributed by atoms with van der Waals surface area (Å²) in [5.41, 5.74) is 0.512. The first kappa shape index (κ1) is 27.4. The van der Waals surface area contributed by atoms with Crippen molar-refractivity contribution >= 4 is 16.7 Å². The van der Waals surface area contributed by atoms with Crippen LogP contribution in [0, 0.1) is 0 Å². The normalized spacial score (nSPS) is 12.3. The molecule has 1 N–H and O–H groups in total. The number of fused-ring (bicyclic) bond motifs is 1. The van der Waals surface area contributed by atoms with Crippen LogP contribution in [0.25, 0.3) is 10.8 Å². The van der Waals surface area contributed by atoms with Gasteiger partial charge in [-0.25, -0.2) is 0 Å². The Kier molecular flexibility index (Phi) is 9.88. The Morgan fingerprint density at radius 3 is 2.34 bits per heavy atom. The summed E-state index contributed by atoms with van der Waals surface area (Å²) >= 11 is 0. The van der Waals surface area contributed by atoms with Crippen LogP contribution in [0.3, 0.4) is 0 Å². The van der Waals surface area contributed by atoms with Crippen molar-refractivity contribution in [1.29, 1.82) is 0 Å². The van der Waals surface area contributed by atoms with Gasteiger partial charge < -0.3 is 10.1 Å². The molecule has 1 atom stereocenters. The van der Waals surface area contributed by atoms with Crippen LogP contribution in [0.5, 0.6) is 11.5 Å². The van der Waals surface area contributed by atoms with Crippen LogP contribution < -0.4 is 10.1 Å². The summed E-state index contributed by atoms with van der Waals surface area (Å²) in [6, 6.07) is 14.8. The number of rotatable bonds is 7. The van der Waals surface area contributed by atoms with Gasteiger partial charge in [-0.1, -0.05) is 56.9 Å². The van der Waals surface area contributed by atoms with Crippen LogP contribution in [0.1, 0.15) is 43.6 Å². The second-order valence-electron chi connectivity index (χ2n) is 7.47. The predicted molar refractivity (Wildman–Crippen MR) is 137 cm³/mol. The van der Waals surface area contributed by atoms with Gasteiger partial charge in [-0.2, -0.15) is 13.2 Å². The van der Waals surface area contributed by atoms with E-state index in [2.05, 4.69) is 11.9 Å². The standard InChI is InChI=1S/C27H24F3NO2.C2H6/c1-4-5-6-8-18(2)19(3)31-26(32)21-11-16-24-20(17-21)9-7-10-25(24)33-23-14-12-22(13-15-23)27(28,29)30;1-2/h4-17,19H,2H2,1,3H3,(H,31,32);1-2H3/b5-4-,8-6-;. The van der Waals surface area contributed by atoms with Crippen LogP contribution >= 0.6 is 0 Å². The van der Waals surface area contributed by atoms with Gasteiger partial charge in [-0.3, -0.25) is 4.79 Å². The number of hydrogen-bond acceptors (Lipinski definition) is 2. The Morgan fingerprint density at radius 1 is 1.03 bits per heavy atom. The lowest BCUT2D eigenvalue weighted by Crippen LogP contribution is -2.33. The van der Waals surface area contributed by atoms with Crippen molar-refractivity contribution in [3.8, 4) is 11.5 Å². The largest absolute Gasteiger partial charge is 0.457 e. The minimum atomic E-state index is -4.40. The third-order valence-electron chi connectivity index (χ3n) is 5.03. The van der Waals surface area contributed by atoms with Crippen LogP contribution in [0.2, 0.25) is 0 Å². The van der Waals surface area contributed by atoms with Gasteiger partial charge >= 0.3 is 6.18 Å². The summed E-state index contributed by atoms with van der Waals surface area (Å²) in [4.78, 5) is 12.7. The number of amides is 1. The van der Waals surface area contributed by atoms with Crippen LogP contribution in [-0.4, -0.2) is 11.9 Å². The van der Waals surface area contributed by atoms with E-state index in [1.54, 1.807) is 30.3 Å². The van der Waals surface area contributed by atoms with Crippen molar-refractivity contribution in [1.82, 2.24) is 5.32 Å². The van der Waals surface area contributed by atoms with Gasteiger partial charge in [0.1, 0.15) is 11.5 Å². The van der Waals surface area contributed by atoms with E-state index in [0.717, 1.165) is 28.5 Å². The highest BCUT2D eigenvalue weighted by atomic mass is 19.4. The lowest BCUT2D eigenvalue weighted by Gasteiger charge is -2.15. The smallest absolute Gasteiger partial charge is 0.416 e. The molecule has 0 aliphatic rings. The molecular weight excluding hydrogens is 451 g/mol. The van der Waals surface area contributed by atoms with Crippen molar-refractivity contribution in [3.63, 3.8) is 0 Å². The van der Waals surface area contributed by atoms with Crippen molar-refractivity contribution in [2.24, 2.45) is 0 Å². The number of carbonyl (C=O) groups is 1. The molecule has 1 unspecified atom stereocenters. The highest BCUT2D eigenvalue weighted by Gasteiger charge is 2.30. The Morgan fingerprint density at radius 2 is 1.71 bits per heavy atom. The second-order valence-corrected chi connectivity index (χ2v) is 7.47. The monoisotopic (exact) mass is 481 g/mol. The summed E-state index contributed by atoms with van der Waals surface area (Å²) in [6.45, 7) is 11.8. The number of hydrogen-bond donors (Lipinski definition) is 1. The fourth-order valence-corrected chi connectivity index (χ4v) is 3.13. The molecule has 1 amide bonds. The average Bonchev–Trinajstić information content (AvgIpc) is 2.85. The van der Waals surface area contributed by atoms with E-state index in [4.69, 9.17) is 4.74 Å². The number of benzene rings is 3.